The zero-order valence-electron chi connectivity index (χ0n) is 9.29. The Kier molecular flexibility index (Phi) is 4.58. The molecule has 0 heterocycles. The fourth-order valence-electron chi connectivity index (χ4n) is 1.36. The molecule has 3 N–H and O–H groups in total. The number of amides is 1. The molecule has 0 spiro atoms. The van der Waals surface area contributed by atoms with E-state index in [4.69, 9.17) is 22.1 Å². The lowest BCUT2D eigenvalue weighted by Crippen LogP contribution is -2.32. The number of methoxy groups -OCH3 is 1. The molecule has 1 aromatic carbocycles. The highest BCUT2D eigenvalue weighted by Gasteiger charge is 2.12. The van der Waals surface area contributed by atoms with Gasteiger partial charge in [-0.1, -0.05) is 17.7 Å². The molecule has 0 aliphatic rings. The number of nitrogens with one attached hydrogen (secondary N) is 1. The Hall–Kier alpha value is -1.26. The first-order valence-electron chi connectivity index (χ1n) is 4.91. The predicted molar refractivity (Wildman–Crippen MR) is 63.6 cm³/mol. The van der Waals surface area contributed by atoms with Crippen LogP contribution in [-0.2, 0) is 4.79 Å². The van der Waals surface area contributed by atoms with Gasteiger partial charge in [0.05, 0.1) is 19.7 Å². The summed E-state index contributed by atoms with van der Waals surface area (Å²) in [5, 5.41) is 3.29. The van der Waals surface area contributed by atoms with Crippen molar-refractivity contribution in [3.63, 3.8) is 0 Å². The van der Waals surface area contributed by atoms with Crippen LogP contribution in [0.15, 0.2) is 18.2 Å². The SMILES string of the molecule is COc1ccc(C(C)NC(=O)CN)c(Cl)c1. The smallest absolute Gasteiger partial charge is 0.234 e. The number of ether oxygens (including phenoxy) is 1. The van der Waals surface area contributed by atoms with Gasteiger partial charge in [0.15, 0.2) is 0 Å². The molecule has 1 amide bonds. The Morgan fingerprint density at radius 3 is 2.81 bits per heavy atom. The van der Waals surface area contributed by atoms with Crippen LogP contribution in [0.25, 0.3) is 0 Å². The fraction of sp³-hybridized carbons (Fsp3) is 0.364. The Bertz CT molecular complexity index is 382. The molecule has 1 atom stereocenters. The van der Waals surface area contributed by atoms with Crippen molar-refractivity contribution in [1.29, 1.82) is 0 Å². The molecular weight excluding hydrogens is 228 g/mol. The van der Waals surface area contributed by atoms with Crippen LogP contribution >= 0.6 is 11.6 Å². The summed E-state index contributed by atoms with van der Waals surface area (Å²) in [5.41, 5.74) is 6.05. The van der Waals surface area contributed by atoms with E-state index in [0.29, 0.717) is 10.8 Å². The lowest BCUT2D eigenvalue weighted by atomic mass is 10.1. The van der Waals surface area contributed by atoms with Gasteiger partial charge in [-0.3, -0.25) is 4.79 Å². The Morgan fingerprint density at radius 1 is 1.62 bits per heavy atom. The second-order valence-corrected chi connectivity index (χ2v) is 3.79. The first-order chi connectivity index (χ1) is 7.58. The lowest BCUT2D eigenvalue weighted by Gasteiger charge is -2.15. The van der Waals surface area contributed by atoms with Crippen molar-refractivity contribution in [3.05, 3.63) is 28.8 Å². The van der Waals surface area contributed by atoms with Gasteiger partial charge >= 0.3 is 0 Å². The van der Waals surface area contributed by atoms with Crippen molar-refractivity contribution >= 4 is 17.5 Å². The summed E-state index contributed by atoms with van der Waals surface area (Å²) in [7, 11) is 1.57. The van der Waals surface area contributed by atoms with Gasteiger partial charge in [-0.05, 0) is 24.6 Å². The summed E-state index contributed by atoms with van der Waals surface area (Å²) in [6, 6.07) is 5.16. The van der Waals surface area contributed by atoms with Crippen molar-refractivity contribution in [1.82, 2.24) is 5.32 Å². The summed E-state index contributed by atoms with van der Waals surface area (Å²) in [5.74, 6) is 0.477. The number of benzene rings is 1. The third-order valence-corrected chi connectivity index (χ3v) is 2.56. The van der Waals surface area contributed by atoms with Crippen molar-refractivity contribution in [2.75, 3.05) is 13.7 Å². The van der Waals surface area contributed by atoms with Gasteiger partial charge in [0.25, 0.3) is 0 Å². The average molecular weight is 243 g/mol. The third-order valence-electron chi connectivity index (χ3n) is 2.24. The number of nitrogens with two attached hydrogens (primary N) is 1. The minimum absolute atomic E-state index is 0.0296. The number of carbonyl (C=O) groups is 1. The summed E-state index contributed by atoms with van der Waals surface area (Å²) >= 11 is 6.07. The van der Waals surface area contributed by atoms with E-state index in [-0.39, 0.29) is 18.5 Å². The monoisotopic (exact) mass is 242 g/mol. The number of halogens is 1. The maximum atomic E-state index is 11.1. The van der Waals surface area contributed by atoms with E-state index in [1.807, 2.05) is 13.0 Å². The van der Waals surface area contributed by atoms with E-state index in [1.165, 1.54) is 0 Å². The molecule has 0 saturated heterocycles. The molecule has 16 heavy (non-hydrogen) atoms. The second-order valence-electron chi connectivity index (χ2n) is 3.38. The molecule has 1 aromatic rings. The molecule has 1 rings (SSSR count). The predicted octanol–water partition coefficient (Wildman–Crippen LogP) is 1.48. The minimum Gasteiger partial charge on any atom is -0.497 e. The second kappa shape index (κ2) is 5.72. The summed E-state index contributed by atoms with van der Waals surface area (Å²) in [6.45, 7) is 1.82. The van der Waals surface area contributed by atoms with Crippen LogP contribution < -0.4 is 15.8 Å². The first kappa shape index (κ1) is 12.8. The molecule has 0 bridgehead atoms. The highest BCUT2D eigenvalue weighted by atomic mass is 35.5. The molecule has 0 saturated carbocycles. The van der Waals surface area contributed by atoms with E-state index in [2.05, 4.69) is 5.32 Å². The minimum atomic E-state index is -0.209. The molecule has 0 fully saturated rings. The molecule has 88 valence electrons. The van der Waals surface area contributed by atoms with Gasteiger partial charge < -0.3 is 15.8 Å². The van der Waals surface area contributed by atoms with Crippen LogP contribution in [-0.4, -0.2) is 19.6 Å². The van der Waals surface area contributed by atoms with E-state index in [9.17, 15) is 4.79 Å². The number of hydrogen-bond donors (Lipinski definition) is 2. The van der Waals surface area contributed by atoms with Crippen molar-refractivity contribution < 1.29 is 9.53 Å². The molecule has 0 aliphatic carbocycles. The fourth-order valence-corrected chi connectivity index (χ4v) is 1.70. The normalized spacial score (nSPS) is 12.0. The van der Waals surface area contributed by atoms with Gasteiger partial charge in [0.2, 0.25) is 5.91 Å². The van der Waals surface area contributed by atoms with Gasteiger partial charge in [0, 0.05) is 5.02 Å². The molecule has 0 aliphatic heterocycles. The van der Waals surface area contributed by atoms with Crippen LogP contribution in [0.4, 0.5) is 0 Å². The van der Waals surface area contributed by atoms with Crippen LogP contribution in [0.3, 0.4) is 0 Å². The first-order valence-corrected chi connectivity index (χ1v) is 5.29. The Balaban J connectivity index is 2.83. The lowest BCUT2D eigenvalue weighted by molar-refractivity contribution is -0.120. The van der Waals surface area contributed by atoms with Crippen LogP contribution in [0.2, 0.25) is 5.02 Å². The average Bonchev–Trinajstić information content (AvgIpc) is 2.28. The summed E-state index contributed by atoms with van der Waals surface area (Å²) < 4.78 is 5.04. The summed E-state index contributed by atoms with van der Waals surface area (Å²) in [6.07, 6.45) is 0. The zero-order chi connectivity index (χ0) is 12.1. The van der Waals surface area contributed by atoms with Gasteiger partial charge in [-0.25, -0.2) is 0 Å². The number of carbonyl (C=O) groups excluding carboxylic acids is 1. The standard InChI is InChI=1S/C11H15ClN2O2/c1-7(14-11(15)6-13)9-4-3-8(16-2)5-10(9)12/h3-5,7H,6,13H2,1-2H3,(H,14,15). The number of hydrogen-bond acceptors (Lipinski definition) is 3. The van der Waals surface area contributed by atoms with Crippen LogP contribution in [0.5, 0.6) is 5.75 Å². The van der Waals surface area contributed by atoms with Crippen LogP contribution in [0.1, 0.15) is 18.5 Å². The zero-order valence-corrected chi connectivity index (χ0v) is 10.0. The maximum Gasteiger partial charge on any atom is 0.234 e. The summed E-state index contributed by atoms with van der Waals surface area (Å²) in [4.78, 5) is 11.1. The van der Waals surface area contributed by atoms with Crippen molar-refractivity contribution in [2.45, 2.75) is 13.0 Å². The van der Waals surface area contributed by atoms with Gasteiger partial charge in [0.1, 0.15) is 5.75 Å². The van der Waals surface area contributed by atoms with E-state index in [0.717, 1.165) is 5.56 Å². The molecule has 4 nitrogen and oxygen atoms in total. The highest BCUT2D eigenvalue weighted by Crippen LogP contribution is 2.26. The third kappa shape index (κ3) is 3.12. The van der Waals surface area contributed by atoms with Gasteiger partial charge in [-0.15, -0.1) is 0 Å². The Labute approximate surface area is 99.7 Å². The molecule has 0 radical (unpaired) electrons. The molecule has 0 aromatic heterocycles. The quantitative estimate of drug-likeness (QED) is 0.841. The molecule has 5 heteroatoms. The number of rotatable bonds is 4. The largest absolute Gasteiger partial charge is 0.497 e. The topological polar surface area (TPSA) is 64.3 Å². The van der Waals surface area contributed by atoms with E-state index < -0.39 is 0 Å². The molecular formula is C11H15ClN2O2. The van der Waals surface area contributed by atoms with Gasteiger partial charge in [-0.2, -0.15) is 0 Å². The van der Waals surface area contributed by atoms with Crippen molar-refractivity contribution in [2.24, 2.45) is 5.73 Å². The highest BCUT2D eigenvalue weighted by molar-refractivity contribution is 6.31. The van der Waals surface area contributed by atoms with Crippen LogP contribution in [0, 0.1) is 0 Å². The van der Waals surface area contributed by atoms with Crippen molar-refractivity contribution in [3.8, 4) is 5.75 Å². The Morgan fingerprint density at radius 2 is 2.31 bits per heavy atom. The van der Waals surface area contributed by atoms with E-state index >= 15 is 0 Å². The maximum absolute atomic E-state index is 11.1. The molecule has 1 unspecified atom stereocenters. The van der Waals surface area contributed by atoms with E-state index in [1.54, 1.807) is 19.2 Å².